The molecule has 0 aliphatic heterocycles. The summed E-state index contributed by atoms with van der Waals surface area (Å²) < 4.78 is 5.72. The summed E-state index contributed by atoms with van der Waals surface area (Å²) in [7, 11) is 3.81. The maximum atomic E-state index is 11.7. The van der Waals surface area contributed by atoms with Crippen molar-refractivity contribution in [3.8, 4) is 0 Å². The van der Waals surface area contributed by atoms with Crippen LogP contribution in [-0.4, -0.2) is 50.2 Å². The van der Waals surface area contributed by atoms with Gasteiger partial charge in [0.05, 0.1) is 26.1 Å². The van der Waals surface area contributed by atoms with E-state index < -0.39 is 11.4 Å². The Morgan fingerprint density at radius 3 is 2.22 bits per heavy atom. The van der Waals surface area contributed by atoms with Gasteiger partial charge >= 0.3 is 5.97 Å². The van der Waals surface area contributed by atoms with E-state index in [2.05, 4.69) is 0 Å². The molecular weight excluding hydrogens is 234 g/mol. The van der Waals surface area contributed by atoms with Crippen LogP contribution in [0.25, 0.3) is 0 Å². The second kappa shape index (κ2) is 6.73. The molecule has 18 heavy (non-hydrogen) atoms. The van der Waals surface area contributed by atoms with Crippen molar-refractivity contribution in [1.29, 1.82) is 0 Å². The van der Waals surface area contributed by atoms with Crippen LogP contribution in [0.2, 0.25) is 0 Å². The molecule has 106 valence electrons. The summed E-state index contributed by atoms with van der Waals surface area (Å²) in [4.78, 5) is 22.1. The van der Waals surface area contributed by atoms with Crippen LogP contribution in [-0.2, 0) is 14.3 Å². The van der Waals surface area contributed by atoms with Gasteiger partial charge in [0.1, 0.15) is 13.2 Å². The van der Waals surface area contributed by atoms with Crippen molar-refractivity contribution in [3.05, 3.63) is 0 Å². The van der Waals surface area contributed by atoms with Crippen molar-refractivity contribution in [1.82, 2.24) is 0 Å². The van der Waals surface area contributed by atoms with Crippen molar-refractivity contribution < 1.29 is 23.9 Å². The zero-order chi connectivity index (χ0) is 14.4. The van der Waals surface area contributed by atoms with Crippen LogP contribution in [0, 0.1) is 5.41 Å². The van der Waals surface area contributed by atoms with Gasteiger partial charge in [0.25, 0.3) is 0 Å². The molecule has 0 aliphatic rings. The van der Waals surface area contributed by atoms with Gasteiger partial charge in [0.2, 0.25) is 0 Å². The number of likely N-dealkylation sites (N-methyl/N-ethyl adjacent to an activating group) is 1. The first-order valence-electron chi connectivity index (χ1n) is 6.30. The average molecular weight is 259 g/mol. The third-order valence-corrected chi connectivity index (χ3v) is 3.29. The maximum Gasteiger partial charge on any atom is 0.311 e. The highest BCUT2D eigenvalue weighted by atomic mass is 16.5. The van der Waals surface area contributed by atoms with Gasteiger partial charge in [-0.2, -0.15) is 0 Å². The van der Waals surface area contributed by atoms with E-state index >= 15 is 0 Å². The SMILES string of the molecule is CCC(C)(C)C(=O)OCC[N+](C)(C)CCC(=O)[O-]. The molecule has 0 radical (unpaired) electrons. The van der Waals surface area contributed by atoms with Crippen molar-refractivity contribution in [2.45, 2.75) is 33.6 Å². The summed E-state index contributed by atoms with van der Waals surface area (Å²) in [5.74, 6) is -1.25. The van der Waals surface area contributed by atoms with E-state index in [9.17, 15) is 14.7 Å². The normalized spacial score (nSPS) is 12.3. The minimum Gasteiger partial charge on any atom is -0.550 e. The van der Waals surface area contributed by atoms with Gasteiger partial charge < -0.3 is 19.1 Å². The molecule has 0 fully saturated rings. The molecule has 0 atom stereocenters. The van der Waals surface area contributed by atoms with Gasteiger partial charge in [-0.15, -0.1) is 0 Å². The van der Waals surface area contributed by atoms with Crippen molar-refractivity contribution in [2.75, 3.05) is 33.8 Å². The minimum absolute atomic E-state index is 0.0153. The number of hydrogen-bond acceptors (Lipinski definition) is 4. The molecule has 5 nitrogen and oxygen atoms in total. The van der Waals surface area contributed by atoms with Crippen LogP contribution < -0.4 is 5.11 Å². The number of nitrogens with zero attached hydrogens (tertiary/aromatic N) is 1. The highest BCUT2D eigenvalue weighted by Gasteiger charge is 2.27. The standard InChI is InChI=1S/C13H25NO4/c1-6-13(2,3)12(17)18-10-9-14(4,5)8-7-11(15)16/h6-10H2,1-5H3. The van der Waals surface area contributed by atoms with Gasteiger partial charge in [-0.1, -0.05) is 6.92 Å². The van der Waals surface area contributed by atoms with E-state index in [0.29, 0.717) is 24.2 Å². The van der Waals surface area contributed by atoms with Crippen LogP contribution in [0.5, 0.6) is 0 Å². The Morgan fingerprint density at radius 1 is 1.22 bits per heavy atom. The van der Waals surface area contributed by atoms with Gasteiger partial charge in [-0.05, 0) is 20.3 Å². The van der Waals surface area contributed by atoms with Gasteiger partial charge in [-0.25, -0.2) is 0 Å². The van der Waals surface area contributed by atoms with E-state index in [1.165, 1.54) is 0 Å². The molecule has 0 unspecified atom stereocenters. The Bertz CT molecular complexity index is 297. The summed E-state index contributed by atoms with van der Waals surface area (Å²) in [6, 6.07) is 0. The number of carbonyl (C=O) groups is 2. The summed E-state index contributed by atoms with van der Waals surface area (Å²) in [6.07, 6.45) is 0.746. The Hall–Kier alpha value is -1.10. The number of quaternary nitrogens is 1. The molecule has 0 rings (SSSR count). The fourth-order valence-electron chi connectivity index (χ4n) is 1.23. The molecule has 0 spiro atoms. The van der Waals surface area contributed by atoms with Crippen molar-refractivity contribution >= 4 is 11.9 Å². The molecule has 5 heteroatoms. The molecule has 0 bridgehead atoms. The smallest absolute Gasteiger partial charge is 0.311 e. The van der Waals surface area contributed by atoms with E-state index in [1.54, 1.807) is 0 Å². The predicted molar refractivity (Wildman–Crippen MR) is 66.5 cm³/mol. The van der Waals surface area contributed by atoms with E-state index in [4.69, 9.17) is 4.74 Å². The van der Waals surface area contributed by atoms with Crippen LogP contribution in [0.3, 0.4) is 0 Å². The number of rotatable bonds is 8. The molecule has 0 aromatic carbocycles. The topological polar surface area (TPSA) is 66.4 Å². The third kappa shape index (κ3) is 6.59. The Balaban J connectivity index is 4.03. The number of carboxylic acids is 1. The zero-order valence-corrected chi connectivity index (χ0v) is 12.1. The van der Waals surface area contributed by atoms with Gasteiger partial charge in [0, 0.05) is 12.4 Å². The Morgan fingerprint density at radius 2 is 1.78 bits per heavy atom. The van der Waals surface area contributed by atoms with Crippen LogP contribution >= 0.6 is 0 Å². The maximum absolute atomic E-state index is 11.7. The highest BCUT2D eigenvalue weighted by Crippen LogP contribution is 2.21. The lowest BCUT2D eigenvalue weighted by molar-refractivity contribution is -0.890. The Kier molecular flexibility index (Phi) is 6.32. The highest BCUT2D eigenvalue weighted by molar-refractivity contribution is 5.75. The third-order valence-electron chi connectivity index (χ3n) is 3.29. The Labute approximate surface area is 109 Å². The average Bonchev–Trinajstić information content (AvgIpc) is 2.26. The molecule has 0 N–H and O–H groups in total. The molecule has 0 saturated heterocycles. The molecule has 0 saturated carbocycles. The zero-order valence-electron chi connectivity index (χ0n) is 12.1. The van der Waals surface area contributed by atoms with Gasteiger partial charge in [0.15, 0.2) is 0 Å². The number of esters is 1. The first-order chi connectivity index (χ1) is 8.10. The molecule has 0 aliphatic carbocycles. The quantitative estimate of drug-likeness (QED) is 0.461. The van der Waals surface area contributed by atoms with E-state index in [1.807, 2.05) is 34.9 Å². The predicted octanol–water partition coefficient (Wildman–Crippen LogP) is 0.182. The van der Waals surface area contributed by atoms with E-state index in [-0.39, 0.29) is 12.4 Å². The minimum atomic E-state index is -1.05. The molecule has 0 aromatic rings. The monoisotopic (exact) mass is 259 g/mol. The van der Waals surface area contributed by atoms with Crippen LogP contribution in [0.1, 0.15) is 33.6 Å². The summed E-state index contributed by atoms with van der Waals surface area (Å²) >= 11 is 0. The van der Waals surface area contributed by atoms with Crippen LogP contribution in [0.4, 0.5) is 0 Å². The lowest BCUT2D eigenvalue weighted by Crippen LogP contribution is -2.45. The molecule has 0 amide bonds. The summed E-state index contributed by atoms with van der Waals surface area (Å²) in [5, 5.41) is 10.4. The fourth-order valence-corrected chi connectivity index (χ4v) is 1.23. The number of aliphatic carboxylic acids is 1. The largest absolute Gasteiger partial charge is 0.550 e. The first-order valence-corrected chi connectivity index (χ1v) is 6.30. The lowest BCUT2D eigenvalue weighted by Gasteiger charge is -2.30. The van der Waals surface area contributed by atoms with Crippen molar-refractivity contribution in [3.63, 3.8) is 0 Å². The van der Waals surface area contributed by atoms with Gasteiger partial charge in [-0.3, -0.25) is 4.79 Å². The van der Waals surface area contributed by atoms with Crippen molar-refractivity contribution in [2.24, 2.45) is 5.41 Å². The molecular formula is C13H25NO4. The van der Waals surface area contributed by atoms with E-state index in [0.717, 1.165) is 6.42 Å². The first kappa shape index (κ1) is 16.9. The number of carboxylic acid groups (broad SMARTS) is 1. The summed E-state index contributed by atoms with van der Waals surface area (Å²) in [6.45, 7) is 7.02. The number of carbonyl (C=O) groups excluding carboxylic acids is 2. The molecule has 0 aromatic heterocycles. The number of hydrogen-bond donors (Lipinski definition) is 0. The van der Waals surface area contributed by atoms with Crippen LogP contribution in [0.15, 0.2) is 0 Å². The number of ether oxygens (including phenoxy) is 1. The second-order valence-corrected chi connectivity index (χ2v) is 5.88. The molecule has 0 heterocycles. The lowest BCUT2D eigenvalue weighted by atomic mass is 9.91. The fraction of sp³-hybridized carbons (Fsp3) is 0.846. The summed E-state index contributed by atoms with van der Waals surface area (Å²) in [5.41, 5.74) is -0.456. The second-order valence-electron chi connectivity index (χ2n) is 5.88.